The second-order valence-corrected chi connectivity index (χ2v) is 11.0. The van der Waals surface area contributed by atoms with Crippen LogP contribution in [0.2, 0.25) is 0 Å². The third-order valence-corrected chi connectivity index (χ3v) is 7.65. The molecule has 0 aliphatic heterocycles. The van der Waals surface area contributed by atoms with Crippen molar-refractivity contribution in [2.45, 2.75) is 58.9 Å². The summed E-state index contributed by atoms with van der Waals surface area (Å²) in [5, 5.41) is 3.44. The highest BCUT2D eigenvalue weighted by Crippen LogP contribution is 2.25. The monoisotopic (exact) mass is 476 g/mol. The smallest absolute Gasteiger partial charge is 0.259 e. The third kappa shape index (κ3) is 6.02. The molecule has 0 saturated heterocycles. The predicted octanol–water partition coefficient (Wildman–Crippen LogP) is 2.68. The number of aromatic nitrogens is 2. The Morgan fingerprint density at radius 3 is 2.56 bits per heavy atom. The van der Waals surface area contributed by atoms with E-state index in [4.69, 9.17) is 0 Å². The highest BCUT2D eigenvalue weighted by atomic mass is 32.2. The summed E-state index contributed by atoms with van der Waals surface area (Å²) in [6.45, 7) is 7.61. The Hall–Kier alpha value is -2.56. The molecule has 3 N–H and O–H groups in total. The van der Waals surface area contributed by atoms with Crippen LogP contribution in [0.5, 0.6) is 0 Å². The molecule has 8 nitrogen and oxygen atoms in total. The SMILES string of the molecule is Cc1sc2nc(CCC(=O)NCc3ccccc3CS(=O)(=O)NC(C)C)[nH]c(=O)c2c1C. The van der Waals surface area contributed by atoms with E-state index >= 15 is 0 Å². The maximum atomic E-state index is 12.4. The first kappa shape index (κ1) is 24.1. The standard InChI is InChI=1S/C22H28N4O4S2/c1-13(2)26-32(29,30)12-17-8-6-5-7-16(17)11-23-19(27)10-9-18-24-21(28)20-14(3)15(4)31-22(20)25-18/h5-8,13,26H,9-12H2,1-4H3,(H,23,27)(H,24,25,28). The Morgan fingerprint density at radius 1 is 1.19 bits per heavy atom. The molecular weight excluding hydrogens is 448 g/mol. The summed E-state index contributed by atoms with van der Waals surface area (Å²) in [6.07, 6.45) is 0.467. The van der Waals surface area contributed by atoms with E-state index in [0.29, 0.717) is 28.0 Å². The van der Waals surface area contributed by atoms with Crippen molar-refractivity contribution in [3.8, 4) is 0 Å². The number of carbonyl (C=O) groups excluding carboxylic acids is 1. The summed E-state index contributed by atoms with van der Waals surface area (Å²) in [5.74, 6) is 0.122. The van der Waals surface area contributed by atoms with Crippen LogP contribution in [0.3, 0.4) is 0 Å². The average molecular weight is 477 g/mol. The Morgan fingerprint density at radius 2 is 1.88 bits per heavy atom. The van der Waals surface area contributed by atoms with Gasteiger partial charge in [-0.3, -0.25) is 9.59 Å². The summed E-state index contributed by atoms with van der Waals surface area (Å²) in [6, 6.07) is 6.94. The minimum absolute atomic E-state index is 0.151. The summed E-state index contributed by atoms with van der Waals surface area (Å²) in [4.78, 5) is 33.7. The molecule has 172 valence electrons. The number of benzene rings is 1. The highest BCUT2D eigenvalue weighted by molar-refractivity contribution is 7.88. The van der Waals surface area contributed by atoms with Gasteiger partial charge in [0, 0.05) is 30.3 Å². The molecule has 3 aromatic rings. The lowest BCUT2D eigenvalue weighted by Crippen LogP contribution is -2.32. The minimum Gasteiger partial charge on any atom is -0.352 e. The summed E-state index contributed by atoms with van der Waals surface area (Å²) >= 11 is 1.47. The fraction of sp³-hybridized carbons (Fsp3) is 0.409. The van der Waals surface area contributed by atoms with Gasteiger partial charge in [0.25, 0.3) is 5.56 Å². The minimum atomic E-state index is -3.47. The average Bonchev–Trinajstić information content (AvgIpc) is 2.98. The molecule has 0 saturated carbocycles. The van der Waals surface area contributed by atoms with Crippen molar-refractivity contribution in [3.63, 3.8) is 0 Å². The Balaban J connectivity index is 1.61. The highest BCUT2D eigenvalue weighted by Gasteiger charge is 2.16. The molecule has 2 heterocycles. The molecule has 0 atom stereocenters. The molecule has 1 amide bonds. The topological polar surface area (TPSA) is 121 Å². The first-order valence-corrected chi connectivity index (χ1v) is 12.8. The van der Waals surface area contributed by atoms with Gasteiger partial charge in [0.2, 0.25) is 15.9 Å². The van der Waals surface area contributed by atoms with Crippen molar-refractivity contribution < 1.29 is 13.2 Å². The number of carbonyl (C=O) groups is 1. The zero-order valence-electron chi connectivity index (χ0n) is 18.6. The number of sulfonamides is 1. The summed E-state index contributed by atoms with van der Waals surface area (Å²) in [5.41, 5.74) is 2.14. The van der Waals surface area contributed by atoms with Crippen LogP contribution in [-0.2, 0) is 33.5 Å². The zero-order valence-corrected chi connectivity index (χ0v) is 20.2. The van der Waals surface area contributed by atoms with Crippen LogP contribution in [0.1, 0.15) is 47.7 Å². The predicted molar refractivity (Wildman–Crippen MR) is 127 cm³/mol. The number of rotatable bonds is 9. The van der Waals surface area contributed by atoms with Gasteiger partial charge in [-0.05, 0) is 44.4 Å². The van der Waals surface area contributed by atoms with E-state index in [1.54, 1.807) is 32.0 Å². The van der Waals surface area contributed by atoms with Crippen molar-refractivity contribution >= 4 is 37.5 Å². The van der Waals surface area contributed by atoms with Crippen LogP contribution in [0.25, 0.3) is 10.2 Å². The first-order valence-electron chi connectivity index (χ1n) is 10.4. The number of nitrogens with one attached hydrogen (secondary N) is 3. The molecule has 0 fully saturated rings. The Bertz CT molecular complexity index is 1290. The van der Waals surface area contributed by atoms with Gasteiger partial charge in [0.15, 0.2) is 0 Å². The van der Waals surface area contributed by atoms with Crippen molar-refractivity contribution in [3.05, 3.63) is 62.0 Å². The van der Waals surface area contributed by atoms with E-state index in [2.05, 4.69) is 20.0 Å². The van der Waals surface area contributed by atoms with E-state index in [1.807, 2.05) is 19.9 Å². The van der Waals surface area contributed by atoms with E-state index in [-0.39, 0.29) is 36.2 Å². The molecule has 0 aliphatic rings. The molecule has 0 bridgehead atoms. The van der Waals surface area contributed by atoms with Gasteiger partial charge < -0.3 is 10.3 Å². The molecule has 32 heavy (non-hydrogen) atoms. The fourth-order valence-electron chi connectivity index (χ4n) is 3.41. The zero-order chi connectivity index (χ0) is 23.5. The third-order valence-electron chi connectivity index (χ3n) is 5.03. The van der Waals surface area contributed by atoms with E-state index in [1.165, 1.54) is 11.3 Å². The number of aryl methyl sites for hydroxylation is 3. The molecule has 2 aromatic heterocycles. The second-order valence-electron chi connectivity index (χ2n) is 8.05. The molecule has 10 heteroatoms. The van der Waals surface area contributed by atoms with Crippen molar-refractivity contribution in [2.75, 3.05) is 0 Å². The van der Waals surface area contributed by atoms with Gasteiger partial charge in [-0.2, -0.15) is 0 Å². The molecule has 0 unspecified atom stereocenters. The van der Waals surface area contributed by atoms with Crippen LogP contribution in [0.4, 0.5) is 0 Å². The molecular formula is C22H28N4O4S2. The van der Waals surface area contributed by atoms with Crippen LogP contribution >= 0.6 is 11.3 Å². The second kappa shape index (κ2) is 9.93. The van der Waals surface area contributed by atoms with Gasteiger partial charge in [-0.15, -0.1) is 11.3 Å². The van der Waals surface area contributed by atoms with Gasteiger partial charge in [-0.1, -0.05) is 24.3 Å². The summed E-state index contributed by atoms with van der Waals surface area (Å²) < 4.78 is 27.1. The normalized spacial score (nSPS) is 11.9. The number of hydrogen-bond acceptors (Lipinski definition) is 6. The molecule has 0 radical (unpaired) electrons. The Labute approximate surface area is 191 Å². The lowest BCUT2D eigenvalue weighted by molar-refractivity contribution is -0.121. The van der Waals surface area contributed by atoms with E-state index in [0.717, 1.165) is 16.0 Å². The van der Waals surface area contributed by atoms with Gasteiger partial charge >= 0.3 is 0 Å². The molecule has 3 rings (SSSR count). The van der Waals surface area contributed by atoms with Crippen LogP contribution < -0.4 is 15.6 Å². The number of nitrogens with zero attached hydrogens (tertiary/aromatic N) is 1. The number of H-pyrrole nitrogens is 1. The first-order chi connectivity index (χ1) is 15.1. The summed E-state index contributed by atoms with van der Waals surface area (Å²) in [7, 11) is -3.47. The van der Waals surface area contributed by atoms with Gasteiger partial charge in [0.1, 0.15) is 10.7 Å². The fourth-order valence-corrected chi connectivity index (χ4v) is 5.95. The van der Waals surface area contributed by atoms with Crippen molar-refractivity contribution in [1.82, 2.24) is 20.0 Å². The van der Waals surface area contributed by atoms with Gasteiger partial charge in [-0.25, -0.2) is 18.1 Å². The van der Waals surface area contributed by atoms with E-state index < -0.39 is 10.0 Å². The number of hydrogen-bond donors (Lipinski definition) is 3. The molecule has 1 aromatic carbocycles. The number of aromatic amines is 1. The maximum Gasteiger partial charge on any atom is 0.259 e. The van der Waals surface area contributed by atoms with Crippen molar-refractivity contribution in [1.29, 1.82) is 0 Å². The van der Waals surface area contributed by atoms with Gasteiger partial charge in [0.05, 0.1) is 11.1 Å². The van der Waals surface area contributed by atoms with E-state index in [9.17, 15) is 18.0 Å². The number of fused-ring (bicyclic) bond motifs is 1. The number of amides is 1. The van der Waals surface area contributed by atoms with Crippen LogP contribution in [0.15, 0.2) is 29.1 Å². The maximum absolute atomic E-state index is 12.4. The quantitative estimate of drug-likeness (QED) is 0.438. The lowest BCUT2D eigenvalue weighted by atomic mass is 10.1. The van der Waals surface area contributed by atoms with Crippen LogP contribution in [0, 0.1) is 13.8 Å². The van der Waals surface area contributed by atoms with Crippen LogP contribution in [-0.4, -0.2) is 30.3 Å². The lowest BCUT2D eigenvalue weighted by Gasteiger charge is -2.13. The van der Waals surface area contributed by atoms with Crippen molar-refractivity contribution in [2.24, 2.45) is 0 Å². The Kier molecular flexibility index (Phi) is 7.47. The number of thiophene rings is 1. The largest absolute Gasteiger partial charge is 0.352 e. The molecule has 0 spiro atoms. The molecule has 0 aliphatic carbocycles.